The monoisotopic (exact) mass is 335 g/mol. The Bertz CT molecular complexity index is 530. The molecule has 0 saturated carbocycles. The van der Waals surface area contributed by atoms with Crippen LogP contribution in [0.1, 0.15) is 12.5 Å². The van der Waals surface area contributed by atoms with Crippen LogP contribution in [0, 0.1) is 0 Å². The molecule has 0 amide bonds. The second kappa shape index (κ2) is 6.88. The lowest BCUT2D eigenvalue weighted by molar-refractivity contribution is -0.0380. The van der Waals surface area contributed by atoms with Crippen LogP contribution in [0.4, 0.5) is 5.69 Å². The standard InChI is InChI=1S/C16H18BrNO2/c1-16(12-19,11-13-7-9-14(17)10-8-13)20-18-15-5-3-2-4-6-15/h2-10,18-19H,11-12H2,1H3. The van der Waals surface area contributed by atoms with Crippen LogP contribution in [0.3, 0.4) is 0 Å². The molecule has 2 N–H and O–H groups in total. The molecule has 1 unspecified atom stereocenters. The van der Waals surface area contributed by atoms with Gasteiger partial charge in [-0.3, -0.25) is 10.3 Å². The highest BCUT2D eigenvalue weighted by molar-refractivity contribution is 9.10. The Balaban J connectivity index is 1.99. The summed E-state index contributed by atoms with van der Waals surface area (Å²) in [5, 5.41) is 9.60. The second-order valence-corrected chi connectivity index (χ2v) is 5.90. The van der Waals surface area contributed by atoms with Gasteiger partial charge in [0, 0.05) is 10.9 Å². The van der Waals surface area contributed by atoms with E-state index in [2.05, 4.69) is 21.4 Å². The van der Waals surface area contributed by atoms with Gasteiger partial charge in [-0.25, -0.2) is 0 Å². The van der Waals surface area contributed by atoms with E-state index >= 15 is 0 Å². The van der Waals surface area contributed by atoms with Gasteiger partial charge in [-0.2, -0.15) is 0 Å². The summed E-state index contributed by atoms with van der Waals surface area (Å²) >= 11 is 3.41. The number of rotatable bonds is 6. The van der Waals surface area contributed by atoms with Crippen molar-refractivity contribution < 1.29 is 9.94 Å². The second-order valence-electron chi connectivity index (χ2n) is 4.98. The maximum Gasteiger partial charge on any atom is 0.120 e. The van der Waals surface area contributed by atoms with Crippen molar-refractivity contribution in [2.24, 2.45) is 0 Å². The first-order valence-electron chi connectivity index (χ1n) is 6.46. The average molecular weight is 336 g/mol. The number of aliphatic hydroxyl groups is 1. The third-order valence-electron chi connectivity index (χ3n) is 3.01. The minimum absolute atomic E-state index is 0.0666. The molecule has 0 aliphatic rings. The van der Waals surface area contributed by atoms with E-state index in [9.17, 15) is 5.11 Å². The molecule has 0 heterocycles. The van der Waals surface area contributed by atoms with Crippen molar-refractivity contribution in [2.45, 2.75) is 18.9 Å². The fourth-order valence-electron chi connectivity index (χ4n) is 1.85. The highest BCUT2D eigenvalue weighted by Crippen LogP contribution is 2.20. The smallest absolute Gasteiger partial charge is 0.120 e. The Kier molecular flexibility index (Phi) is 5.17. The van der Waals surface area contributed by atoms with Crippen molar-refractivity contribution in [1.82, 2.24) is 0 Å². The molecule has 0 fully saturated rings. The minimum atomic E-state index is -0.677. The number of benzene rings is 2. The summed E-state index contributed by atoms with van der Waals surface area (Å²) in [5.41, 5.74) is 4.20. The quantitative estimate of drug-likeness (QED) is 0.789. The molecule has 0 saturated heterocycles. The largest absolute Gasteiger partial charge is 0.393 e. The highest BCUT2D eigenvalue weighted by atomic mass is 79.9. The van der Waals surface area contributed by atoms with Crippen LogP contribution >= 0.6 is 15.9 Å². The molecule has 0 aliphatic heterocycles. The van der Waals surface area contributed by atoms with Crippen LogP contribution < -0.4 is 5.48 Å². The number of hydrogen-bond donors (Lipinski definition) is 2. The topological polar surface area (TPSA) is 41.5 Å². The van der Waals surface area contributed by atoms with Crippen LogP contribution in [-0.4, -0.2) is 17.3 Å². The van der Waals surface area contributed by atoms with Gasteiger partial charge in [-0.05, 0) is 36.8 Å². The van der Waals surface area contributed by atoms with Crippen molar-refractivity contribution >= 4 is 21.6 Å². The number of para-hydroxylation sites is 1. The van der Waals surface area contributed by atoms with E-state index in [1.807, 2.05) is 61.5 Å². The fraction of sp³-hybridized carbons (Fsp3) is 0.250. The van der Waals surface area contributed by atoms with Crippen molar-refractivity contribution in [3.8, 4) is 0 Å². The van der Waals surface area contributed by atoms with Crippen LogP contribution in [0.5, 0.6) is 0 Å². The molecule has 2 aromatic carbocycles. The van der Waals surface area contributed by atoms with Crippen LogP contribution in [0.15, 0.2) is 59.1 Å². The number of halogens is 1. The molecule has 2 aromatic rings. The first-order chi connectivity index (χ1) is 9.61. The molecule has 2 rings (SSSR count). The highest BCUT2D eigenvalue weighted by Gasteiger charge is 2.25. The Morgan fingerprint density at radius 2 is 1.75 bits per heavy atom. The van der Waals surface area contributed by atoms with Gasteiger partial charge in [-0.15, -0.1) is 0 Å². The number of anilines is 1. The van der Waals surface area contributed by atoms with E-state index in [-0.39, 0.29) is 6.61 Å². The van der Waals surface area contributed by atoms with Crippen molar-refractivity contribution in [3.63, 3.8) is 0 Å². The third-order valence-corrected chi connectivity index (χ3v) is 3.54. The summed E-state index contributed by atoms with van der Waals surface area (Å²) in [7, 11) is 0. The van der Waals surface area contributed by atoms with E-state index in [0.29, 0.717) is 6.42 Å². The number of hydrogen-bond acceptors (Lipinski definition) is 3. The zero-order valence-corrected chi connectivity index (χ0v) is 12.9. The van der Waals surface area contributed by atoms with Crippen LogP contribution in [-0.2, 0) is 11.3 Å². The van der Waals surface area contributed by atoms with Gasteiger partial charge in [0.05, 0.1) is 12.3 Å². The van der Waals surface area contributed by atoms with Gasteiger partial charge in [0.25, 0.3) is 0 Å². The maximum absolute atomic E-state index is 9.60. The van der Waals surface area contributed by atoms with Crippen molar-refractivity contribution in [1.29, 1.82) is 0 Å². The van der Waals surface area contributed by atoms with E-state index in [1.54, 1.807) is 0 Å². The Morgan fingerprint density at radius 3 is 2.35 bits per heavy atom. The molecule has 0 spiro atoms. The minimum Gasteiger partial charge on any atom is -0.393 e. The molecular weight excluding hydrogens is 318 g/mol. The zero-order valence-electron chi connectivity index (χ0n) is 11.3. The summed E-state index contributed by atoms with van der Waals surface area (Å²) in [6, 6.07) is 17.6. The Labute approximate surface area is 127 Å². The van der Waals surface area contributed by atoms with Crippen molar-refractivity contribution in [2.75, 3.05) is 12.1 Å². The van der Waals surface area contributed by atoms with Gasteiger partial charge >= 0.3 is 0 Å². The summed E-state index contributed by atoms with van der Waals surface area (Å²) in [4.78, 5) is 5.69. The molecule has 0 aromatic heterocycles. The summed E-state index contributed by atoms with van der Waals surface area (Å²) < 4.78 is 1.04. The lowest BCUT2D eigenvalue weighted by Crippen LogP contribution is -2.37. The summed E-state index contributed by atoms with van der Waals surface area (Å²) in [5.74, 6) is 0. The Hall–Kier alpha value is -1.36. The number of aliphatic hydroxyl groups excluding tert-OH is 1. The van der Waals surface area contributed by atoms with E-state index < -0.39 is 5.60 Å². The SMILES string of the molecule is CC(CO)(Cc1ccc(Br)cc1)ONc1ccccc1. The first-order valence-corrected chi connectivity index (χ1v) is 7.25. The average Bonchev–Trinajstić information content (AvgIpc) is 2.49. The predicted molar refractivity (Wildman–Crippen MR) is 84.5 cm³/mol. The third kappa shape index (κ3) is 4.34. The molecule has 0 bridgehead atoms. The van der Waals surface area contributed by atoms with E-state index in [1.165, 1.54) is 0 Å². The predicted octanol–water partition coefficient (Wildman–Crippen LogP) is 3.79. The molecule has 0 aliphatic carbocycles. The normalized spacial score (nSPS) is 13.8. The lowest BCUT2D eigenvalue weighted by atomic mass is 9.97. The molecule has 20 heavy (non-hydrogen) atoms. The maximum atomic E-state index is 9.60. The summed E-state index contributed by atoms with van der Waals surface area (Å²) in [6.07, 6.45) is 0.622. The van der Waals surface area contributed by atoms with Gasteiger partial charge in [0.1, 0.15) is 5.60 Å². The fourth-order valence-corrected chi connectivity index (χ4v) is 2.11. The first kappa shape index (κ1) is 15.0. The molecular formula is C16H18BrNO2. The van der Waals surface area contributed by atoms with Crippen LogP contribution in [0.25, 0.3) is 0 Å². The zero-order chi connectivity index (χ0) is 14.4. The summed E-state index contributed by atoms with van der Waals surface area (Å²) in [6.45, 7) is 1.81. The van der Waals surface area contributed by atoms with Gasteiger partial charge in [-0.1, -0.05) is 46.3 Å². The number of nitrogens with one attached hydrogen (secondary N) is 1. The molecule has 0 radical (unpaired) electrons. The molecule has 106 valence electrons. The van der Waals surface area contributed by atoms with Gasteiger partial charge in [0.15, 0.2) is 0 Å². The van der Waals surface area contributed by atoms with Gasteiger partial charge in [0.2, 0.25) is 0 Å². The Morgan fingerprint density at radius 1 is 1.10 bits per heavy atom. The van der Waals surface area contributed by atoms with E-state index in [4.69, 9.17) is 4.84 Å². The molecule has 4 heteroatoms. The molecule has 1 atom stereocenters. The van der Waals surface area contributed by atoms with Gasteiger partial charge < -0.3 is 5.11 Å². The van der Waals surface area contributed by atoms with E-state index in [0.717, 1.165) is 15.7 Å². The lowest BCUT2D eigenvalue weighted by Gasteiger charge is -2.27. The van der Waals surface area contributed by atoms with Crippen molar-refractivity contribution in [3.05, 3.63) is 64.6 Å². The van der Waals surface area contributed by atoms with Crippen LogP contribution in [0.2, 0.25) is 0 Å². The molecule has 3 nitrogen and oxygen atoms in total.